The van der Waals surface area contributed by atoms with Gasteiger partial charge >= 0.3 is 11.2 Å². The molecule has 1 aliphatic carbocycles. The minimum Gasteiger partial charge on any atom is -0.279 e. The van der Waals surface area contributed by atoms with Gasteiger partial charge in [-0.3, -0.25) is 9.36 Å². The van der Waals surface area contributed by atoms with Crippen LogP contribution < -0.4 is 11.2 Å². The Bertz CT molecular complexity index is 1020. The second kappa shape index (κ2) is 4.94. The van der Waals surface area contributed by atoms with E-state index in [-0.39, 0.29) is 16.9 Å². The van der Waals surface area contributed by atoms with Crippen molar-refractivity contribution in [1.29, 1.82) is 0 Å². The van der Waals surface area contributed by atoms with Crippen molar-refractivity contribution in [3.63, 3.8) is 0 Å². The third-order valence-electron chi connectivity index (χ3n) is 4.40. The van der Waals surface area contributed by atoms with Gasteiger partial charge in [0.15, 0.2) is 0 Å². The summed E-state index contributed by atoms with van der Waals surface area (Å²) in [5, 5.41) is 4.26. The number of aryl methyl sites for hydroxylation is 2. The number of nitrogens with zero attached hydrogens (tertiary/aromatic N) is 4. The molecule has 0 atom stereocenters. The first-order valence-electron chi connectivity index (χ1n) is 7.83. The summed E-state index contributed by atoms with van der Waals surface area (Å²) in [6.07, 6.45) is 5.53. The number of benzene rings is 1. The molecule has 0 saturated heterocycles. The molecular weight excluding hydrogens is 292 g/mol. The normalized spacial score (nSPS) is 14.5. The molecule has 0 spiro atoms. The summed E-state index contributed by atoms with van der Waals surface area (Å²) in [7, 11) is 0. The van der Waals surface area contributed by atoms with Crippen molar-refractivity contribution in [3.05, 3.63) is 62.6 Å². The molecular formula is C17H18N4O2. The van der Waals surface area contributed by atoms with Gasteiger partial charge in [-0.1, -0.05) is 12.1 Å². The maximum absolute atomic E-state index is 12.8. The first-order chi connectivity index (χ1) is 11.0. The lowest BCUT2D eigenvalue weighted by Gasteiger charge is -2.09. The van der Waals surface area contributed by atoms with Crippen molar-refractivity contribution in [2.24, 2.45) is 5.92 Å². The minimum absolute atomic E-state index is 0.180. The summed E-state index contributed by atoms with van der Waals surface area (Å²) in [5.41, 5.74) is 2.57. The number of aromatic nitrogens is 4. The van der Waals surface area contributed by atoms with Crippen molar-refractivity contribution in [3.8, 4) is 5.69 Å². The topological polar surface area (TPSA) is 61.3 Å². The van der Waals surface area contributed by atoms with Crippen molar-refractivity contribution in [2.45, 2.75) is 33.2 Å². The maximum atomic E-state index is 12.8. The van der Waals surface area contributed by atoms with Crippen LogP contribution in [0.3, 0.4) is 0 Å². The molecule has 3 aromatic rings. The second-order valence-electron chi connectivity index (χ2n) is 6.36. The highest BCUT2D eigenvalue weighted by atomic mass is 16.2. The van der Waals surface area contributed by atoms with Crippen molar-refractivity contribution in [2.75, 3.05) is 0 Å². The van der Waals surface area contributed by atoms with Gasteiger partial charge in [0, 0.05) is 18.9 Å². The lowest BCUT2D eigenvalue weighted by Crippen LogP contribution is -2.24. The Balaban J connectivity index is 1.92. The van der Waals surface area contributed by atoms with Gasteiger partial charge in [-0.2, -0.15) is 0 Å². The largest absolute Gasteiger partial charge is 0.350 e. The van der Waals surface area contributed by atoms with Gasteiger partial charge in [0.2, 0.25) is 5.65 Å². The van der Waals surface area contributed by atoms with E-state index >= 15 is 0 Å². The lowest BCUT2D eigenvalue weighted by molar-refractivity contribution is 0.545. The summed E-state index contributed by atoms with van der Waals surface area (Å²) in [5.74, 6) is 0.527. The van der Waals surface area contributed by atoms with E-state index in [0.717, 1.165) is 29.7 Å². The smallest absolute Gasteiger partial charge is 0.279 e. The molecule has 2 aromatic heterocycles. The molecule has 23 heavy (non-hydrogen) atoms. The fourth-order valence-electron chi connectivity index (χ4n) is 2.84. The Morgan fingerprint density at radius 3 is 2.70 bits per heavy atom. The Labute approximate surface area is 132 Å². The molecule has 4 rings (SSSR count). The van der Waals surface area contributed by atoms with Gasteiger partial charge in [0.25, 0.3) is 0 Å². The number of hydrogen-bond donors (Lipinski definition) is 0. The molecule has 6 heteroatoms. The summed E-state index contributed by atoms with van der Waals surface area (Å²) >= 11 is 0. The summed E-state index contributed by atoms with van der Waals surface area (Å²) in [6, 6.07) is 5.96. The van der Waals surface area contributed by atoms with E-state index in [2.05, 4.69) is 5.10 Å². The Hall–Kier alpha value is -2.63. The first-order valence-corrected chi connectivity index (χ1v) is 7.83. The highest BCUT2D eigenvalue weighted by Gasteiger charge is 2.24. The van der Waals surface area contributed by atoms with Crippen LogP contribution in [0.4, 0.5) is 0 Å². The van der Waals surface area contributed by atoms with Crippen molar-refractivity contribution in [1.82, 2.24) is 18.7 Å². The highest BCUT2D eigenvalue weighted by molar-refractivity contribution is 5.46. The standard InChI is InChI=1S/C17H18N4O2/c1-11-3-4-12(2)14(9-11)19-7-8-20-15(16(19)22)18-21(17(20)23)10-13-5-6-13/h3-4,7-9,13H,5-6,10H2,1-2H3. The minimum atomic E-state index is -0.271. The quantitative estimate of drug-likeness (QED) is 0.739. The predicted octanol–water partition coefficient (Wildman–Crippen LogP) is 1.67. The fourth-order valence-corrected chi connectivity index (χ4v) is 2.84. The zero-order valence-corrected chi connectivity index (χ0v) is 13.2. The molecule has 0 aliphatic heterocycles. The van der Waals surface area contributed by atoms with E-state index < -0.39 is 0 Å². The molecule has 0 radical (unpaired) electrons. The third-order valence-corrected chi connectivity index (χ3v) is 4.40. The van der Waals surface area contributed by atoms with Crippen LogP contribution in [-0.2, 0) is 6.54 Å². The maximum Gasteiger partial charge on any atom is 0.350 e. The monoisotopic (exact) mass is 310 g/mol. The van der Waals surface area contributed by atoms with Crippen LogP contribution in [0.5, 0.6) is 0 Å². The van der Waals surface area contributed by atoms with E-state index in [4.69, 9.17) is 0 Å². The van der Waals surface area contributed by atoms with E-state index in [1.54, 1.807) is 17.0 Å². The van der Waals surface area contributed by atoms with Gasteiger partial charge in [0.1, 0.15) is 0 Å². The number of rotatable bonds is 3. The van der Waals surface area contributed by atoms with Crippen LogP contribution >= 0.6 is 0 Å². The fraction of sp³-hybridized carbons (Fsp3) is 0.353. The van der Waals surface area contributed by atoms with E-state index in [1.807, 2.05) is 32.0 Å². The molecule has 1 aromatic carbocycles. The van der Waals surface area contributed by atoms with Gasteiger partial charge in [-0.15, -0.1) is 5.10 Å². The summed E-state index contributed by atoms with van der Waals surface area (Å²) in [6.45, 7) is 4.55. The first kappa shape index (κ1) is 14.0. The molecule has 1 aliphatic rings. The van der Waals surface area contributed by atoms with Crippen LogP contribution in [0.2, 0.25) is 0 Å². The molecule has 1 saturated carbocycles. The van der Waals surface area contributed by atoms with Gasteiger partial charge < -0.3 is 0 Å². The third kappa shape index (κ3) is 2.30. The summed E-state index contributed by atoms with van der Waals surface area (Å²) < 4.78 is 4.32. The zero-order chi connectivity index (χ0) is 16.1. The molecule has 6 nitrogen and oxygen atoms in total. The van der Waals surface area contributed by atoms with E-state index in [9.17, 15) is 9.59 Å². The Morgan fingerprint density at radius 1 is 1.17 bits per heavy atom. The van der Waals surface area contributed by atoms with Crippen LogP contribution in [0, 0.1) is 19.8 Å². The molecule has 0 bridgehead atoms. The molecule has 0 N–H and O–H groups in total. The van der Waals surface area contributed by atoms with Gasteiger partial charge in [0.05, 0.1) is 5.69 Å². The molecule has 1 fully saturated rings. The van der Waals surface area contributed by atoms with Gasteiger partial charge in [-0.25, -0.2) is 13.9 Å². The van der Waals surface area contributed by atoms with E-state index in [0.29, 0.717) is 12.5 Å². The van der Waals surface area contributed by atoms with Crippen molar-refractivity contribution < 1.29 is 0 Å². The van der Waals surface area contributed by atoms with E-state index in [1.165, 1.54) is 9.08 Å². The van der Waals surface area contributed by atoms with Crippen LogP contribution in [0.1, 0.15) is 24.0 Å². The Morgan fingerprint density at radius 2 is 1.96 bits per heavy atom. The van der Waals surface area contributed by atoms with Crippen LogP contribution in [0.15, 0.2) is 40.2 Å². The highest BCUT2D eigenvalue weighted by Crippen LogP contribution is 2.29. The molecule has 2 heterocycles. The van der Waals surface area contributed by atoms with Crippen molar-refractivity contribution >= 4 is 5.65 Å². The molecule has 0 unspecified atom stereocenters. The number of hydrogen-bond acceptors (Lipinski definition) is 3. The van der Waals surface area contributed by atoms with Crippen LogP contribution in [0.25, 0.3) is 11.3 Å². The number of fused-ring (bicyclic) bond motifs is 1. The molecule has 118 valence electrons. The second-order valence-corrected chi connectivity index (χ2v) is 6.36. The average molecular weight is 310 g/mol. The Kier molecular flexibility index (Phi) is 3.01. The zero-order valence-electron chi connectivity index (χ0n) is 13.2. The SMILES string of the molecule is Cc1ccc(C)c(-n2ccn3c(=O)n(CC4CC4)nc3c2=O)c1. The van der Waals surface area contributed by atoms with Gasteiger partial charge in [-0.05, 0) is 49.8 Å². The van der Waals surface area contributed by atoms with Crippen LogP contribution in [-0.4, -0.2) is 18.7 Å². The average Bonchev–Trinajstić information content (AvgIpc) is 3.28. The summed E-state index contributed by atoms with van der Waals surface area (Å²) in [4.78, 5) is 25.1. The molecule has 0 amide bonds. The predicted molar refractivity (Wildman–Crippen MR) is 87.2 cm³/mol. The lowest BCUT2D eigenvalue weighted by atomic mass is 10.1.